The van der Waals surface area contributed by atoms with Crippen molar-refractivity contribution in [3.63, 3.8) is 0 Å². The van der Waals surface area contributed by atoms with E-state index < -0.39 is 12.5 Å². The van der Waals surface area contributed by atoms with Crippen LogP contribution in [-0.4, -0.2) is 9.55 Å². The number of hydrogen-bond donors (Lipinski definition) is 1. The highest BCUT2D eigenvalue weighted by Crippen LogP contribution is 2.29. The zero-order valence-electron chi connectivity index (χ0n) is 9.18. The summed E-state index contributed by atoms with van der Waals surface area (Å²) in [7, 11) is 0. The molecule has 17 heavy (non-hydrogen) atoms. The average Bonchev–Trinajstić information content (AvgIpc) is 2.77. The van der Waals surface area contributed by atoms with Crippen LogP contribution in [0.1, 0.15) is 11.3 Å². The molecule has 90 valence electrons. The van der Waals surface area contributed by atoms with Gasteiger partial charge in [0.2, 0.25) is 0 Å². The molecule has 0 radical (unpaired) electrons. The molecule has 2 N–H and O–H groups in total. The Morgan fingerprint density at radius 1 is 1.24 bits per heavy atom. The van der Waals surface area contributed by atoms with Gasteiger partial charge in [0, 0.05) is 18.3 Å². The van der Waals surface area contributed by atoms with Crippen molar-refractivity contribution >= 4 is 0 Å². The Kier molecular flexibility index (Phi) is 3.19. The summed E-state index contributed by atoms with van der Waals surface area (Å²) in [5.41, 5.74) is 5.98. The highest BCUT2D eigenvalue weighted by Gasteiger charge is 2.31. The molecule has 1 aromatic carbocycles. The Bertz CT molecular complexity index is 480. The van der Waals surface area contributed by atoms with Gasteiger partial charge >= 0.3 is 0 Å². The van der Waals surface area contributed by atoms with Gasteiger partial charge in [0.1, 0.15) is 0 Å². The highest BCUT2D eigenvalue weighted by atomic mass is 19.3. The molecule has 0 aliphatic heterocycles. The lowest BCUT2D eigenvalue weighted by molar-refractivity contribution is -0.0222. The third-order valence-electron chi connectivity index (χ3n) is 2.47. The van der Waals surface area contributed by atoms with Gasteiger partial charge in [-0.3, -0.25) is 0 Å². The Morgan fingerprint density at radius 3 is 2.53 bits per heavy atom. The second kappa shape index (κ2) is 4.63. The molecule has 0 fully saturated rings. The summed E-state index contributed by atoms with van der Waals surface area (Å²) < 4.78 is 29.1. The standard InChI is InChI=1S/C12H13F2N3/c13-12(14,10-4-2-1-3-5-10)8-17-7-11(6-15)16-9-17/h1-5,7,9H,6,8,15H2. The average molecular weight is 237 g/mol. The monoisotopic (exact) mass is 237 g/mol. The van der Waals surface area contributed by atoms with Crippen molar-refractivity contribution in [1.82, 2.24) is 9.55 Å². The van der Waals surface area contributed by atoms with Crippen molar-refractivity contribution in [3.8, 4) is 0 Å². The number of nitrogens with zero attached hydrogens (tertiary/aromatic N) is 2. The minimum absolute atomic E-state index is 0.00278. The van der Waals surface area contributed by atoms with E-state index in [1.807, 2.05) is 0 Å². The summed E-state index contributed by atoms with van der Waals surface area (Å²) in [6, 6.07) is 7.75. The molecule has 2 aromatic rings. The van der Waals surface area contributed by atoms with Crippen LogP contribution in [-0.2, 0) is 19.0 Å². The van der Waals surface area contributed by atoms with E-state index >= 15 is 0 Å². The maximum absolute atomic E-state index is 13.9. The molecule has 0 aliphatic rings. The summed E-state index contributed by atoms with van der Waals surface area (Å²) in [4.78, 5) is 3.92. The summed E-state index contributed by atoms with van der Waals surface area (Å²) >= 11 is 0. The number of benzene rings is 1. The van der Waals surface area contributed by atoms with E-state index in [1.165, 1.54) is 29.2 Å². The first-order chi connectivity index (χ1) is 8.12. The fraction of sp³-hybridized carbons (Fsp3) is 0.250. The van der Waals surface area contributed by atoms with Crippen LogP contribution in [0, 0.1) is 0 Å². The summed E-state index contributed by atoms with van der Waals surface area (Å²) in [6.45, 7) is -0.173. The topological polar surface area (TPSA) is 43.8 Å². The van der Waals surface area contributed by atoms with Crippen molar-refractivity contribution < 1.29 is 8.78 Å². The van der Waals surface area contributed by atoms with Gasteiger partial charge < -0.3 is 10.3 Å². The third-order valence-corrected chi connectivity index (χ3v) is 2.47. The fourth-order valence-electron chi connectivity index (χ4n) is 1.60. The number of halogens is 2. The van der Waals surface area contributed by atoms with Crippen LogP contribution in [0.15, 0.2) is 42.9 Å². The zero-order valence-corrected chi connectivity index (χ0v) is 9.18. The molecule has 1 aromatic heterocycles. The predicted molar refractivity (Wildman–Crippen MR) is 60.5 cm³/mol. The zero-order chi connectivity index (χ0) is 12.3. The van der Waals surface area contributed by atoms with Crippen molar-refractivity contribution in [2.24, 2.45) is 5.73 Å². The van der Waals surface area contributed by atoms with E-state index in [4.69, 9.17) is 5.73 Å². The minimum Gasteiger partial charge on any atom is -0.331 e. The van der Waals surface area contributed by atoms with Crippen LogP contribution in [0.4, 0.5) is 8.78 Å². The highest BCUT2D eigenvalue weighted by molar-refractivity contribution is 5.19. The summed E-state index contributed by atoms with van der Waals surface area (Å²) in [6.07, 6.45) is 2.91. The van der Waals surface area contributed by atoms with Crippen molar-refractivity contribution in [3.05, 3.63) is 54.1 Å². The van der Waals surface area contributed by atoms with E-state index in [0.29, 0.717) is 5.69 Å². The van der Waals surface area contributed by atoms with Crippen molar-refractivity contribution in [2.75, 3.05) is 0 Å². The number of nitrogens with two attached hydrogens (primary N) is 1. The Hall–Kier alpha value is -1.75. The first-order valence-electron chi connectivity index (χ1n) is 5.26. The van der Waals surface area contributed by atoms with Gasteiger partial charge in [0.15, 0.2) is 0 Å². The van der Waals surface area contributed by atoms with Gasteiger partial charge in [-0.05, 0) is 0 Å². The molecule has 0 bridgehead atoms. The smallest absolute Gasteiger partial charge is 0.290 e. The maximum atomic E-state index is 13.9. The van der Waals surface area contributed by atoms with Crippen LogP contribution < -0.4 is 5.73 Å². The Morgan fingerprint density at radius 2 is 1.94 bits per heavy atom. The molecule has 0 saturated carbocycles. The molecule has 0 amide bonds. The van der Waals surface area contributed by atoms with Crippen molar-refractivity contribution in [1.29, 1.82) is 0 Å². The maximum Gasteiger partial charge on any atom is 0.290 e. The fourth-order valence-corrected chi connectivity index (χ4v) is 1.60. The molecule has 0 aliphatic carbocycles. The molecule has 1 heterocycles. The van der Waals surface area contributed by atoms with E-state index in [9.17, 15) is 8.78 Å². The summed E-state index contributed by atoms with van der Waals surface area (Å²) in [5, 5.41) is 0. The molecular weight excluding hydrogens is 224 g/mol. The lowest BCUT2D eigenvalue weighted by atomic mass is 10.1. The summed E-state index contributed by atoms with van der Waals surface area (Å²) in [5.74, 6) is -2.91. The normalized spacial score (nSPS) is 11.7. The van der Waals surface area contributed by atoms with Gasteiger partial charge in [-0.1, -0.05) is 30.3 Å². The number of rotatable bonds is 4. The third kappa shape index (κ3) is 2.68. The molecule has 3 nitrogen and oxygen atoms in total. The van der Waals surface area contributed by atoms with Gasteiger partial charge in [-0.15, -0.1) is 0 Å². The van der Waals surface area contributed by atoms with Crippen LogP contribution >= 0.6 is 0 Å². The predicted octanol–water partition coefficient (Wildman–Crippen LogP) is 2.13. The first kappa shape index (κ1) is 11.7. The molecular formula is C12H13F2N3. The lowest BCUT2D eigenvalue weighted by Gasteiger charge is -2.16. The second-order valence-corrected chi connectivity index (χ2v) is 3.81. The van der Waals surface area contributed by atoms with Gasteiger partial charge in [-0.2, -0.15) is 8.78 Å². The van der Waals surface area contributed by atoms with E-state index in [0.717, 1.165) is 0 Å². The molecule has 0 spiro atoms. The SMILES string of the molecule is NCc1cn(CC(F)(F)c2ccccc2)cn1. The minimum atomic E-state index is -2.91. The van der Waals surface area contributed by atoms with E-state index in [2.05, 4.69) is 4.98 Å². The number of imidazole rings is 1. The second-order valence-electron chi connectivity index (χ2n) is 3.81. The molecule has 2 rings (SSSR count). The van der Waals surface area contributed by atoms with Crippen LogP contribution in [0.5, 0.6) is 0 Å². The van der Waals surface area contributed by atoms with E-state index in [1.54, 1.807) is 18.2 Å². The number of alkyl halides is 2. The number of aromatic nitrogens is 2. The van der Waals surface area contributed by atoms with Gasteiger partial charge in [0.25, 0.3) is 5.92 Å². The molecule has 5 heteroatoms. The van der Waals surface area contributed by atoms with Gasteiger partial charge in [0.05, 0.1) is 18.6 Å². The molecule has 0 atom stereocenters. The lowest BCUT2D eigenvalue weighted by Crippen LogP contribution is -2.20. The van der Waals surface area contributed by atoms with E-state index in [-0.39, 0.29) is 12.1 Å². The van der Waals surface area contributed by atoms with Crippen LogP contribution in [0.25, 0.3) is 0 Å². The van der Waals surface area contributed by atoms with Gasteiger partial charge in [-0.25, -0.2) is 4.98 Å². The van der Waals surface area contributed by atoms with Crippen LogP contribution in [0.2, 0.25) is 0 Å². The molecule has 0 unspecified atom stereocenters. The number of hydrogen-bond acceptors (Lipinski definition) is 2. The quantitative estimate of drug-likeness (QED) is 0.885. The first-order valence-corrected chi connectivity index (χ1v) is 5.26. The van der Waals surface area contributed by atoms with Crippen LogP contribution in [0.3, 0.4) is 0 Å². The Balaban J connectivity index is 2.17. The molecule has 0 saturated heterocycles. The Labute approximate surface area is 97.9 Å². The van der Waals surface area contributed by atoms with Crippen molar-refractivity contribution in [2.45, 2.75) is 19.0 Å². The largest absolute Gasteiger partial charge is 0.331 e.